The first-order valence-corrected chi connectivity index (χ1v) is 7.91. The van der Waals surface area contributed by atoms with Crippen LogP contribution >= 0.6 is 0 Å². The Morgan fingerprint density at radius 3 is 2.45 bits per heavy atom. The first-order chi connectivity index (χ1) is 10.5. The highest BCUT2D eigenvalue weighted by Crippen LogP contribution is 2.35. The summed E-state index contributed by atoms with van der Waals surface area (Å²) < 4.78 is 5.51. The highest BCUT2D eigenvalue weighted by Gasteiger charge is 2.40. The molecule has 1 aromatic rings. The third-order valence-electron chi connectivity index (χ3n) is 4.98. The Labute approximate surface area is 130 Å². The van der Waals surface area contributed by atoms with Crippen molar-refractivity contribution in [2.75, 3.05) is 7.05 Å². The number of piperidine rings is 1. The molecule has 120 valence electrons. The molecule has 2 aliphatic heterocycles. The van der Waals surface area contributed by atoms with Gasteiger partial charge in [0.05, 0.1) is 0 Å². The maximum Gasteiger partial charge on any atom is 0.335 e. The van der Waals surface area contributed by atoms with Gasteiger partial charge in [0.15, 0.2) is 6.10 Å². The normalized spacial score (nSPS) is 29.3. The Balaban J connectivity index is 1.52. The van der Waals surface area contributed by atoms with E-state index in [1.54, 1.807) is 24.3 Å². The Bertz CT molecular complexity index is 516. The summed E-state index contributed by atoms with van der Waals surface area (Å²) in [6.07, 6.45) is 3.06. The van der Waals surface area contributed by atoms with Crippen molar-refractivity contribution in [2.24, 2.45) is 0 Å². The average molecular weight is 305 g/mol. The molecule has 4 atom stereocenters. The van der Waals surface area contributed by atoms with E-state index in [0.29, 0.717) is 12.1 Å². The summed E-state index contributed by atoms with van der Waals surface area (Å²) in [5, 5.41) is 19.3. The summed E-state index contributed by atoms with van der Waals surface area (Å²) in [7, 11) is 2.14. The molecule has 2 aliphatic rings. The number of benzene rings is 1. The highest BCUT2D eigenvalue weighted by molar-refractivity contribution is 5.75. The maximum absolute atomic E-state index is 12.1. The molecule has 22 heavy (non-hydrogen) atoms. The molecule has 0 amide bonds. The number of carbonyl (C=O) groups excluding carboxylic acids is 1. The number of fused-ring (bicyclic) bond motifs is 2. The van der Waals surface area contributed by atoms with Crippen LogP contribution < -0.4 is 0 Å². The molecule has 1 unspecified atom stereocenters. The molecule has 2 bridgehead atoms. The zero-order chi connectivity index (χ0) is 15.7. The number of rotatable bonds is 4. The molecule has 2 N–H and O–H groups in total. The van der Waals surface area contributed by atoms with Crippen LogP contribution in [0.4, 0.5) is 0 Å². The number of aromatic hydroxyl groups is 1. The van der Waals surface area contributed by atoms with Gasteiger partial charge in [0.2, 0.25) is 0 Å². The Hall–Kier alpha value is -1.59. The molecule has 0 spiro atoms. The van der Waals surface area contributed by atoms with Crippen molar-refractivity contribution >= 4 is 5.97 Å². The van der Waals surface area contributed by atoms with E-state index in [0.717, 1.165) is 18.4 Å². The third-order valence-corrected chi connectivity index (χ3v) is 4.98. The van der Waals surface area contributed by atoms with Crippen molar-refractivity contribution in [3.63, 3.8) is 0 Å². The van der Waals surface area contributed by atoms with E-state index in [1.807, 2.05) is 0 Å². The highest BCUT2D eigenvalue weighted by atomic mass is 16.6. The number of ether oxygens (including phenoxy) is 1. The van der Waals surface area contributed by atoms with Gasteiger partial charge in [0.25, 0.3) is 0 Å². The minimum Gasteiger partial charge on any atom is -0.508 e. The van der Waals surface area contributed by atoms with Gasteiger partial charge in [-0.1, -0.05) is 12.1 Å². The largest absolute Gasteiger partial charge is 0.508 e. The van der Waals surface area contributed by atoms with Crippen molar-refractivity contribution in [3.8, 4) is 5.75 Å². The number of phenols is 1. The van der Waals surface area contributed by atoms with E-state index in [4.69, 9.17) is 4.74 Å². The second kappa shape index (κ2) is 6.26. The first kappa shape index (κ1) is 15.3. The summed E-state index contributed by atoms with van der Waals surface area (Å²) in [5.41, 5.74) is 0.797. The fourth-order valence-corrected chi connectivity index (χ4v) is 3.64. The van der Waals surface area contributed by atoms with Crippen LogP contribution in [0.15, 0.2) is 24.3 Å². The Morgan fingerprint density at radius 1 is 1.27 bits per heavy atom. The summed E-state index contributed by atoms with van der Waals surface area (Å²) >= 11 is 0. The van der Waals surface area contributed by atoms with Gasteiger partial charge in [-0.15, -0.1) is 0 Å². The molecular formula is C17H23NO4. The van der Waals surface area contributed by atoms with Crippen LogP contribution in [0, 0.1) is 0 Å². The Kier molecular flexibility index (Phi) is 4.36. The number of hydrogen-bond donors (Lipinski definition) is 2. The van der Waals surface area contributed by atoms with Gasteiger partial charge < -0.3 is 19.8 Å². The number of aliphatic hydroxyl groups excluding tert-OH is 1. The van der Waals surface area contributed by atoms with Crippen LogP contribution in [0.2, 0.25) is 0 Å². The smallest absolute Gasteiger partial charge is 0.335 e. The van der Waals surface area contributed by atoms with Gasteiger partial charge in [-0.25, -0.2) is 4.79 Å². The van der Waals surface area contributed by atoms with Crippen molar-refractivity contribution in [1.82, 2.24) is 4.90 Å². The summed E-state index contributed by atoms with van der Waals surface area (Å²) in [5.74, 6) is -0.371. The predicted octanol–water partition coefficient (Wildman–Crippen LogP) is 1.46. The molecule has 3 rings (SSSR count). The molecular weight excluding hydrogens is 282 g/mol. The minimum absolute atomic E-state index is 0.0735. The van der Waals surface area contributed by atoms with E-state index in [9.17, 15) is 15.0 Å². The molecule has 5 nitrogen and oxygen atoms in total. The van der Waals surface area contributed by atoms with Crippen LogP contribution in [0.25, 0.3) is 0 Å². The van der Waals surface area contributed by atoms with Gasteiger partial charge >= 0.3 is 5.97 Å². The summed E-state index contributed by atoms with van der Waals surface area (Å²) in [6, 6.07) is 7.49. The minimum atomic E-state index is -1.15. The van der Waals surface area contributed by atoms with Crippen molar-refractivity contribution in [1.29, 1.82) is 0 Å². The first-order valence-electron chi connectivity index (χ1n) is 7.91. The van der Waals surface area contributed by atoms with E-state index in [2.05, 4.69) is 11.9 Å². The monoisotopic (exact) mass is 305 g/mol. The van der Waals surface area contributed by atoms with Crippen molar-refractivity contribution in [3.05, 3.63) is 29.8 Å². The third kappa shape index (κ3) is 3.25. The molecule has 2 heterocycles. The van der Waals surface area contributed by atoms with Crippen molar-refractivity contribution in [2.45, 2.75) is 56.4 Å². The fourth-order valence-electron chi connectivity index (χ4n) is 3.64. The standard InChI is InChI=1S/C17H23NO4/c1-18-12-4-5-13(18)10-15(9-12)22-17(21)16(20)8-11-2-6-14(19)7-3-11/h2-3,6-7,12-13,15-16,19-20H,4-5,8-10H2,1H3/t12-,13+,15?,16-/m1/s1. The lowest BCUT2D eigenvalue weighted by Gasteiger charge is -2.36. The molecule has 5 heteroatoms. The zero-order valence-corrected chi connectivity index (χ0v) is 12.8. The molecule has 2 fully saturated rings. The van der Waals surface area contributed by atoms with E-state index in [-0.39, 0.29) is 18.3 Å². The Morgan fingerprint density at radius 2 is 1.86 bits per heavy atom. The molecule has 1 aromatic carbocycles. The zero-order valence-electron chi connectivity index (χ0n) is 12.8. The lowest BCUT2D eigenvalue weighted by molar-refractivity contribution is -0.162. The van der Waals surface area contributed by atoms with Gasteiger partial charge in [-0.05, 0) is 50.4 Å². The molecule has 0 radical (unpaired) electrons. The number of carbonyl (C=O) groups is 1. The second-order valence-corrected chi connectivity index (χ2v) is 6.47. The average Bonchev–Trinajstić information content (AvgIpc) is 2.72. The van der Waals surface area contributed by atoms with Gasteiger partial charge in [0, 0.05) is 18.5 Å². The van der Waals surface area contributed by atoms with E-state index >= 15 is 0 Å². The number of esters is 1. The van der Waals surface area contributed by atoms with Crippen LogP contribution in [-0.4, -0.2) is 52.4 Å². The maximum atomic E-state index is 12.1. The van der Waals surface area contributed by atoms with E-state index < -0.39 is 12.1 Å². The van der Waals surface area contributed by atoms with Gasteiger partial charge in [-0.2, -0.15) is 0 Å². The molecule has 2 saturated heterocycles. The summed E-state index contributed by atoms with van der Waals surface area (Å²) in [4.78, 5) is 14.4. The topological polar surface area (TPSA) is 70.0 Å². The second-order valence-electron chi connectivity index (χ2n) is 6.47. The van der Waals surface area contributed by atoms with Crippen molar-refractivity contribution < 1.29 is 19.7 Å². The quantitative estimate of drug-likeness (QED) is 0.824. The lowest BCUT2D eigenvalue weighted by atomic mass is 10.0. The van der Waals surface area contributed by atoms with Gasteiger partial charge in [-0.3, -0.25) is 0 Å². The lowest BCUT2D eigenvalue weighted by Crippen LogP contribution is -2.44. The molecule has 0 aliphatic carbocycles. The number of nitrogens with zero attached hydrogens (tertiary/aromatic N) is 1. The summed E-state index contributed by atoms with van der Waals surface area (Å²) in [6.45, 7) is 0. The molecule has 0 saturated carbocycles. The number of aliphatic hydroxyl groups is 1. The molecule has 0 aromatic heterocycles. The fraction of sp³-hybridized carbons (Fsp3) is 0.588. The van der Waals surface area contributed by atoms with Crippen LogP contribution in [-0.2, 0) is 16.0 Å². The number of hydrogen-bond acceptors (Lipinski definition) is 5. The number of phenolic OH excluding ortho intramolecular Hbond substituents is 1. The SMILES string of the molecule is CN1[C@@H]2CC[C@H]1CC(OC(=O)[C@H](O)Cc1ccc(O)cc1)C2. The predicted molar refractivity (Wildman–Crippen MR) is 81.5 cm³/mol. The van der Waals surface area contributed by atoms with Gasteiger partial charge in [0.1, 0.15) is 11.9 Å². The van der Waals surface area contributed by atoms with E-state index in [1.165, 1.54) is 12.8 Å². The van der Waals surface area contributed by atoms with Crippen LogP contribution in [0.3, 0.4) is 0 Å². The van der Waals surface area contributed by atoms with Crippen LogP contribution in [0.5, 0.6) is 5.75 Å². The van der Waals surface area contributed by atoms with Crippen LogP contribution in [0.1, 0.15) is 31.2 Å².